The number of fused-ring (bicyclic) bond motifs is 2. The van der Waals surface area contributed by atoms with Crippen molar-refractivity contribution in [3.63, 3.8) is 0 Å². The quantitative estimate of drug-likeness (QED) is 0.790. The molecule has 0 saturated heterocycles. The van der Waals surface area contributed by atoms with Crippen molar-refractivity contribution in [2.45, 2.75) is 26.4 Å². The number of hydrogen-bond acceptors (Lipinski definition) is 6. The summed E-state index contributed by atoms with van der Waals surface area (Å²) >= 11 is 3.73. The summed E-state index contributed by atoms with van der Waals surface area (Å²) in [6.45, 7) is 4.42. The molecule has 4 nitrogen and oxygen atoms in total. The molecule has 6 heteroatoms. The average molecular weight is 331 g/mol. The fourth-order valence-electron chi connectivity index (χ4n) is 2.71. The lowest BCUT2D eigenvalue weighted by Crippen LogP contribution is -2.15. The molecule has 0 fully saturated rings. The minimum Gasteiger partial charge on any atom is -0.376 e. The molecule has 4 rings (SSSR count). The van der Waals surface area contributed by atoms with Crippen molar-refractivity contribution in [2.24, 2.45) is 0 Å². The van der Waals surface area contributed by atoms with E-state index in [-0.39, 0.29) is 0 Å². The third-order valence-corrected chi connectivity index (χ3v) is 6.07. The summed E-state index contributed by atoms with van der Waals surface area (Å²) in [5, 5.41) is 7.04. The molecular weight excluding hydrogens is 314 g/mol. The molecule has 0 bridgehead atoms. The van der Waals surface area contributed by atoms with Crippen molar-refractivity contribution in [2.75, 3.05) is 18.5 Å². The average Bonchev–Trinajstić information content (AvgIpc) is 3.07. The van der Waals surface area contributed by atoms with Crippen LogP contribution >= 0.6 is 22.7 Å². The highest BCUT2D eigenvalue weighted by Gasteiger charge is 2.12. The van der Waals surface area contributed by atoms with E-state index >= 15 is 0 Å². The summed E-state index contributed by atoms with van der Waals surface area (Å²) in [7, 11) is 0. The second kappa shape index (κ2) is 5.95. The van der Waals surface area contributed by atoms with E-state index in [1.807, 2.05) is 28.9 Å². The number of aryl methyl sites for hydroxylation is 1. The molecule has 0 atom stereocenters. The molecule has 22 heavy (non-hydrogen) atoms. The Morgan fingerprint density at radius 1 is 1.41 bits per heavy atom. The molecule has 3 aromatic rings. The highest BCUT2D eigenvalue weighted by molar-refractivity contribution is 7.37. The van der Waals surface area contributed by atoms with Crippen LogP contribution in [0.5, 0.6) is 0 Å². The first-order valence-corrected chi connectivity index (χ1v) is 9.12. The van der Waals surface area contributed by atoms with Crippen LogP contribution in [0, 0.1) is 6.92 Å². The van der Waals surface area contributed by atoms with Gasteiger partial charge in [0, 0.05) is 35.0 Å². The maximum absolute atomic E-state index is 5.41. The first-order valence-electron chi connectivity index (χ1n) is 7.42. The lowest BCUT2D eigenvalue weighted by atomic mass is 10.1. The molecule has 4 heterocycles. The van der Waals surface area contributed by atoms with Gasteiger partial charge in [-0.1, -0.05) is 0 Å². The molecule has 1 N–H and O–H groups in total. The Kier molecular flexibility index (Phi) is 3.82. The number of nitrogens with zero attached hydrogens (tertiary/aromatic N) is 2. The fourth-order valence-corrected chi connectivity index (χ4v) is 5.02. The van der Waals surface area contributed by atoms with Gasteiger partial charge in [-0.2, -0.15) is 0 Å². The number of aromatic nitrogens is 2. The smallest absolute Gasteiger partial charge is 0.222 e. The lowest BCUT2D eigenvalue weighted by Gasteiger charge is -2.15. The summed E-state index contributed by atoms with van der Waals surface area (Å²) in [5.41, 5.74) is 3.66. The number of rotatable bonds is 4. The van der Waals surface area contributed by atoms with Crippen LogP contribution in [0.2, 0.25) is 0 Å². The van der Waals surface area contributed by atoms with Gasteiger partial charge in [0.15, 0.2) is 0 Å². The summed E-state index contributed by atoms with van der Waals surface area (Å²) in [6.07, 6.45) is 3.76. The maximum atomic E-state index is 5.41. The van der Waals surface area contributed by atoms with E-state index in [1.165, 1.54) is 19.8 Å². The Labute approximate surface area is 137 Å². The van der Waals surface area contributed by atoms with Gasteiger partial charge in [0.1, 0.15) is 0 Å². The number of nitrogens with one attached hydrogen (secondary N) is 1. The predicted molar refractivity (Wildman–Crippen MR) is 92.0 cm³/mol. The largest absolute Gasteiger partial charge is 0.376 e. The van der Waals surface area contributed by atoms with Gasteiger partial charge < -0.3 is 10.1 Å². The van der Waals surface area contributed by atoms with E-state index in [1.54, 1.807) is 0 Å². The Balaban J connectivity index is 1.42. The SMILES string of the molecule is Cc1cc2c(CCNc3ncc4c(n3)CCOC4)csc2s1. The van der Waals surface area contributed by atoms with Crippen molar-refractivity contribution >= 4 is 38.0 Å². The lowest BCUT2D eigenvalue weighted by molar-refractivity contribution is 0.109. The molecule has 0 unspecified atom stereocenters. The first kappa shape index (κ1) is 14.1. The Bertz CT molecular complexity index is 809. The van der Waals surface area contributed by atoms with Crippen molar-refractivity contribution in [3.05, 3.63) is 39.3 Å². The zero-order valence-corrected chi connectivity index (χ0v) is 14.0. The van der Waals surface area contributed by atoms with Gasteiger partial charge in [0.05, 0.1) is 22.9 Å². The van der Waals surface area contributed by atoms with E-state index in [4.69, 9.17) is 4.74 Å². The second-order valence-electron chi connectivity index (χ2n) is 5.46. The van der Waals surface area contributed by atoms with Crippen molar-refractivity contribution in [1.29, 1.82) is 0 Å². The Morgan fingerprint density at radius 2 is 2.36 bits per heavy atom. The zero-order valence-electron chi connectivity index (χ0n) is 12.4. The van der Waals surface area contributed by atoms with E-state index < -0.39 is 0 Å². The zero-order chi connectivity index (χ0) is 14.9. The molecule has 114 valence electrons. The molecule has 1 aliphatic heterocycles. The van der Waals surface area contributed by atoms with Gasteiger partial charge in [0.2, 0.25) is 5.95 Å². The number of anilines is 1. The van der Waals surface area contributed by atoms with Crippen molar-refractivity contribution in [3.8, 4) is 0 Å². The number of ether oxygens (including phenoxy) is 1. The van der Waals surface area contributed by atoms with Crippen molar-refractivity contribution in [1.82, 2.24) is 9.97 Å². The predicted octanol–water partition coefficient (Wildman–Crippen LogP) is 3.79. The molecule has 0 spiro atoms. The normalized spacial score (nSPS) is 14.2. The fraction of sp³-hybridized carbons (Fsp3) is 0.375. The van der Waals surface area contributed by atoms with Crippen LogP contribution in [0.4, 0.5) is 5.95 Å². The van der Waals surface area contributed by atoms with Crippen LogP contribution < -0.4 is 5.32 Å². The number of hydrogen-bond donors (Lipinski definition) is 1. The third-order valence-electron chi connectivity index (χ3n) is 3.85. The highest BCUT2D eigenvalue weighted by atomic mass is 32.2. The summed E-state index contributed by atoms with van der Waals surface area (Å²) in [6, 6.07) is 2.29. The van der Waals surface area contributed by atoms with Gasteiger partial charge in [0.25, 0.3) is 0 Å². The third kappa shape index (κ3) is 2.74. The second-order valence-corrected chi connectivity index (χ2v) is 7.86. The standard InChI is InChI=1S/C16H17N3OS2/c1-10-6-13-11(9-21-15(13)22-10)2-4-17-16-18-7-12-8-20-5-3-14(12)19-16/h6-7,9H,2-5,8H2,1H3,(H,17,18,19). The summed E-state index contributed by atoms with van der Waals surface area (Å²) < 4.78 is 6.84. The van der Waals surface area contributed by atoms with Gasteiger partial charge in [-0.25, -0.2) is 9.97 Å². The molecule has 0 aliphatic carbocycles. The summed E-state index contributed by atoms with van der Waals surface area (Å²) in [5.74, 6) is 0.730. The van der Waals surface area contributed by atoms with Crippen LogP contribution in [-0.2, 0) is 24.2 Å². The minimum atomic E-state index is 0.639. The van der Waals surface area contributed by atoms with Gasteiger partial charge in [-0.05, 0) is 30.4 Å². The maximum Gasteiger partial charge on any atom is 0.222 e. The molecule has 0 aromatic carbocycles. The molecular formula is C16H17N3OS2. The van der Waals surface area contributed by atoms with Gasteiger partial charge in [-0.15, -0.1) is 22.7 Å². The monoisotopic (exact) mass is 331 g/mol. The van der Waals surface area contributed by atoms with E-state index in [0.717, 1.165) is 43.2 Å². The van der Waals surface area contributed by atoms with Gasteiger partial charge >= 0.3 is 0 Å². The van der Waals surface area contributed by atoms with E-state index in [0.29, 0.717) is 6.61 Å². The van der Waals surface area contributed by atoms with Crippen LogP contribution in [0.25, 0.3) is 9.40 Å². The minimum absolute atomic E-state index is 0.639. The van der Waals surface area contributed by atoms with Crippen LogP contribution in [-0.4, -0.2) is 23.1 Å². The van der Waals surface area contributed by atoms with E-state index in [2.05, 4.69) is 33.7 Å². The molecule has 0 saturated carbocycles. The van der Waals surface area contributed by atoms with Gasteiger partial charge in [-0.3, -0.25) is 0 Å². The first-order chi connectivity index (χ1) is 10.8. The highest BCUT2D eigenvalue weighted by Crippen LogP contribution is 2.33. The molecule has 0 radical (unpaired) electrons. The van der Waals surface area contributed by atoms with Crippen LogP contribution in [0.15, 0.2) is 17.6 Å². The Morgan fingerprint density at radius 3 is 3.32 bits per heavy atom. The molecule has 1 aliphatic rings. The van der Waals surface area contributed by atoms with Crippen LogP contribution in [0.1, 0.15) is 21.7 Å². The van der Waals surface area contributed by atoms with Crippen LogP contribution in [0.3, 0.4) is 0 Å². The topological polar surface area (TPSA) is 47.0 Å². The molecule has 0 amide bonds. The summed E-state index contributed by atoms with van der Waals surface area (Å²) in [4.78, 5) is 10.4. The van der Waals surface area contributed by atoms with E-state index in [9.17, 15) is 0 Å². The molecule has 3 aromatic heterocycles. The van der Waals surface area contributed by atoms with Crippen molar-refractivity contribution < 1.29 is 4.74 Å². The number of thiophene rings is 2. The Hall–Kier alpha value is -1.50.